The van der Waals surface area contributed by atoms with E-state index in [4.69, 9.17) is 23.2 Å². The fourth-order valence-corrected chi connectivity index (χ4v) is 4.67. The molecule has 8 nitrogen and oxygen atoms in total. The number of nitrogens with zero attached hydrogens (tertiary/aromatic N) is 6. The molecular weight excluding hydrogens is 533 g/mol. The highest BCUT2D eigenvalue weighted by atomic mass is 35.5. The van der Waals surface area contributed by atoms with E-state index in [0.29, 0.717) is 32.7 Å². The number of nitrogens with one attached hydrogen (secondary N) is 1. The first kappa shape index (κ1) is 24.8. The molecule has 3 aromatic heterocycles. The van der Waals surface area contributed by atoms with Gasteiger partial charge in [-0.3, -0.25) is 14.3 Å². The maximum atomic E-state index is 13.3. The Hall–Kier alpha value is -4.53. The smallest absolute Gasteiger partial charge is 0.253 e. The molecule has 0 aliphatic heterocycles. The number of amides is 1. The van der Waals surface area contributed by atoms with Gasteiger partial charge in [0.05, 0.1) is 39.2 Å². The van der Waals surface area contributed by atoms with Gasteiger partial charge in [0.25, 0.3) is 5.91 Å². The fourth-order valence-electron chi connectivity index (χ4n) is 4.31. The van der Waals surface area contributed by atoms with Crippen molar-refractivity contribution in [2.24, 2.45) is 0 Å². The lowest BCUT2D eigenvalue weighted by Crippen LogP contribution is -2.24. The average molecular weight is 554 g/mol. The van der Waals surface area contributed by atoms with Gasteiger partial charge in [-0.1, -0.05) is 52.7 Å². The normalized spacial score (nSPS) is 11.2. The predicted molar refractivity (Wildman–Crippen MR) is 152 cm³/mol. The number of para-hydroxylation sites is 2. The zero-order valence-corrected chi connectivity index (χ0v) is 22.2. The van der Waals surface area contributed by atoms with E-state index >= 15 is 0 Å². The summed E-state index contributed by atoms with van der Waals surface area (Å²) in [7, 11) is 0. The molecule has 10 heteroatoms. The van der Waals surface area contributed by atoms with Crippen molar-refractivity contribution in [2.75, 3.05) is 0 Å². The molecule has 0 aliphatic rings. The first-order valence-corrected chi connectivity index (χ1v) is 12.9. The van der Waals surface area contributed by atoms with E-state index in [1.54, 1.807) is 41.6 Å². The van der Waals surface area contributed by atoms with Crippen LogP contribution in [0.25, 0.3) is 33.8 Å². The first-order chi connectivity index (χ1) is 19.0. The summed E-state index contributed by atoms with van der Waals surface area (Å²) >= 11 is 12.6. The zero-order valence-electron chi connectivity index (χ0n) is 20.7. The number of pyridine rings is 1. The standard InChI is InChI=1S/C29H21Cl2N7O/c1-18-6-10-22(28(12-18)38-16-26(35-36-38)24-11-8-20(30)15-32-24)29(39)33-14-19-7-9-21(13-23(19)31)37-17-34-25-4-2-3-5-27(25)37/h2-13,15-17H,14H2,1H3,(H,33,39). The lowest BCUT2D eigenvalue weighted by atomic mass is 10.1. The van der Waals surface area contributed by atoms with Crippen molar-refractivity contribution in [2.45, 2.75) is 13.5 Å². The Morgan fingerprint density at radius 3 is 2.64 bits per heavy atom. The Kier molecular flexibility index (Phi) is 6.56. The Labute approximate surface area is 233 Å². The van der Waals surface area contributed by atoms with Gasteiger partial charge < -0.3 is 5.32 Å². The lowest BCUT2D eigenvalue weighted by molar-refractivity contribution is 0.0950. The van der Waals surface area contributed by atoms with Crippen LogP contribution in [0.1, 0.15) is 21.5 Å². The van der Waals surface area contributed by atoms with E-state index in [9.17, 15) is 4.79 Å². The van der Waals surface area contributed by atoms with E-state index in [2.05, 4.69) is 25.6 Å². The molecule has 1 N–H and O–H groups in total. The molecule has 3 heterocycles. The Bertz CT molecular complexity index is 1830. The number of carbonyl (C=O) groups is 1. The minimum atomic E-state index is -0.257. The second-order valence-corrected chi connectivity index (χ2v) is 9.84. The Balaban J connectivity index is 1.22. The molecule has 0 unspecified atom stereocenters. The van der Waals surface area contributed by atoms with Crippen molar-refractivity contribution in [1.29, 1.82) is 0 Å². The Morgan fingerprint density at radius 2 is 1.82 bits per heavy atom. The number of fused-ring (bicyclic) bond motifs is 1. The van der Waals surface area contributed by atoms with E-state index in [-0.39, 0.29) is 12.5 Å². The van der Waals surface area contributed by atoms with Crippen molar-refractivity contribution in [3.8, 4) is 22.8 Å². The van der Waals surface area contributed by atoms with Gasteiger partial charge in [-0.2, -0.15) is 0 Å². The van der Waals surface area contributed by atoms with Gasteiger partial charge in [0.1, 0.15) is 12.0 Å². The Morgan fingerprint density at radius 1 is 0.949 bits per heavy atom. The number of rotatable bonds is 6. The van der Waals surface area contributed by atoms with Gasteiger partial charge in [0.15, 0.2) is 0 Å². The van der Waals surface area contributed by atoms with Crippen molar-refractivity contribution in [3.63, 3.8) is 0 Å². The third-order valence-electron chi connectivity index (χ3n) is 6.34. The van der Waals surface area contributed by atoms with Crippen molar-refractivity contribution >= 4 is 40.1 Å². The van der Waals surface area contributed by atoms with Gasteiger partial charge in [-0.05, 0) is 66.6 Å². The second-order valence-electron chi connectivity index (χ2n) is 8.99. The number of aryl methyl sites for hydroxylation is 1. The molecule has 0 aliphatic carbocycles. The molecular formula is C29H21Cl2N7O. The van der Waals surface area contributed by atoms with Crippen LogP contribution in [-0.2, 0) is 6.54 Å². The number of hydrogen-bond acceptors (Lipinski definition) is 5. The first-order valence-electron chi connectivity index (χ1n) is 12.1. The van der Waals surface area contributed by atoms with Crippen LogP contribution in [0.2, 0.25) is 10.0 Å². The van der Waals surface area contributed by atoms with E-state index < -0.39 is 0 Å². The summed E-state index contributed by atoms with van der Waals surface area (Å²) < 4.78 is 3.55. The predicted octanol–water partition coefficient (Wildman–Crippen LogP) is 6.21. The van der Waals surface area contributed by atoms with E-state index in [0.717, 1.165) is 27.8 Å². The lowest BCUT2D eigenvalue weighted by Gasteiger charge is -2.12. The molecule has 0 saturated carbocycles. The maximum Gasteiger partial charge on any atom is 0.253 e. The summed E-state index contributed by atoms with van der Waals surface area (Å²) in [5, 5.41) is 12.5. The zero-order chi connectivity index (χ0) is 26.9. The number of imidazole rings is 1. The molecule has 0 saturated heterocycles. The third kappa shape index (κ3) is 4.99. The maximum absolute atomic E-state index is 13.3. The van der Waals surface area contributed by atoms with E-state index in [1.807, 2.05) is 66.1 Å². The number of aromatic nitrogens is 6. The number of carbonyl (C=O) groups excluding carboxylic acids is 1. The summed E-state index contributed by atoms with van der Waals surface area (Å²) in [5.41, 5.74) is 6.82. The van der Waals surface area contributed by atoms with Crippen LogP contribution in [0.4, 0.5) is 0 Å². The minimum absolute atomic E-state index is 0.257. The minimum Gasteiger partial charge on any atom is -0.348 e. The molecule has 0 radical (unpaired) electrons. The van der Waals surface area contributed by atoms with Gasteiger partial charge in [0.2, 0.25) is 0 Å². The summed E-state index contributed by atoms with van der Waals surface area (Å²) in [6.45, 7) is 2.21. The molecule has 3 aromatic carbocycles. The van der Waals surface area contributed by atoms with Crippen LogP contribution >= 0.6 is 23.2 Å². The molecule has 6 aromatic rings. The molecule has 0 fully saturated rings. The van der Waals surface area contributed by atoms with Crippen molar-refractivity contribution in [1.82, 2.24) is 34.8 Å². The summed E-state index contributed by atoms with van der Waals surface area (Å²) in [6, 6.07) is 22.7. The number of hydrogen-bond donors (Lipinski definition) is 1. The highest BCUT2D eigenvalue weighted by molar-refractivity contribution is 6.31. The van der Waals surface area contributed by atoms with Gasteiger partial charge in [-0.25, -0.2) is 9.67 Å². The van der Waals surface area contributed by atoms with Crippen LogP contribution < -0.4 is 5.32 Å². The topological polar surface area (TPSA) is 90.5 Å². The highest BCUT2D eigenvalue weighted by Gasteiger charge is 2.16. The molecule has 1 amide bonds. The van der Waals surface area contributed by atoms with Gasteiger partial charge in [0, 0.05) is 23.5 Å². The fraction of sp³-hybridized carbons (Fsp3) is 0.0690. The molecule has 0 spiro atoms. The number of benzene rings is 3. The van der Waals surface area contributed by atoms with Crippen LogP contribution in [0, 0.1) is 6.92 Å². The van der Waals surface area contributed by atoms with Crippen LogP contribution in [0.3, 0.4) is 0 Å². The third-order valence-corrected chi connectivity index (χ3v) is 6.91. The second kappa shape index (κ2) is 10.3. The monoisotopic (exact) mass is 553 g/mol. The highest BCUT2D eigenvalue weighted by Crippen LogP contribution is 2.25. The summed E-state index contributed by atoms with van der Waals surface area (Å²) in [6.07, 6.45) is 5.06. The summed E-state index contributed by atoms with van der Waals surface area (Å²) in [4.78, 5) is 22.0. The summed E-state index contributed by atoms with van der Waals surface area (Å²) in [5.74, 6) is -0.257. The van der Waals surface area contributed by atoms with Crippen LogP contribution in [-0.4, -0.2) is 35.4 Å². The molecule has 0 bridgehead atoms. The van der Waals surface area contributed by atoms with Crippen molar-refractivity contribution < 1.29 is 4.79 Å². The quantitative estimate of drug-likeness (QED) is 0.264. The van der Waals surface area contributed by atoms with Crippen molar-refractivity contribution in [3.05, 3.63) is 118 Å². The molecule has 192 valence electrons. The largest absolute Gasteiger partial charge is 0.348 e. The van der Waals surface area contributed by atoms with E-state index in [1.165, 1.54) is 0 Å². The molecule has 6 rings (SSSR count). The molecule has 39 heavy (non-hydrogen) atoms. The average Bonchev–Trinajstić information content (AvgIpc) is 3.61. The van der Waals surface area contributed by atoms with Gasteiger partial charge in [-0.15, -0.1) is 5.10 Å². The van der Waals surface area contributed by atoms with Gasteiger partial charge >= 0.3 is 0 Å². The van der Waals surface area contributed by atoms with Crippen LogP contribution in [0.15, 0.2) is 91.5 Å². The SMILES string of the molecule is Cc1ccc(C(=O)NCc2ccc(-n3cnc4ccccc43)cc2Cl)c(-n2cc(-c3ccc(Cl)cn3)nn2)c1. The number of halogens is 2. The molecule has 0 atom stereocenters. The van der Waals surface area contributed by atoms with Crippen LogP contribution in [0.5, 0.6) is 0 Å².